The zero-order valence-electron chi connectivity index (χ0n) is 10.9. The standard InChI is InChI=1S/C15H12F3NO2/c16-15(17,18)11-4-2-1-3-10(11)12-7-8-13(14(20)21)19(12)9-5-6-9/h1-4,7-9H,5-6H2,(H,20,21). The van der Waals surface area contributed by atoms with Crippen molar-refractivity contribution in [1.29, 1.82) is 0 Å². The van der Waals surface area contributed by atoms with Crippen LogP contribution >= 0.6 is 0 Å². The molecule has 110 valence electrons. The maximum Gasteiger partial charge on any atom is 0.417 e. The topological polar surface area (TPSA) is 42.2 Å². The van der Waals surface area contributed by atoms with Crippen molar-refractivity contribution in [2.75, 3.05) is 0 Å². The van der Waals surface area contributed by atoms with Crippen LogP contribution < -0.4 is 0 Å². The normalized spacial score (nSPS) is 15.2. The molecule has 1 saturated carbocycles. The van der Waals surface area contributed by atoms with E-state index in [1.54, 1.807) is 0 Å². The molecule has 3 rings (SSSR count). The lowest BCUT2D eigenvalue weighted by Crippen LogP contribution is -2.11. The fourth-order valence-corrected chi connectivity index (χ4v) is 2.52. The number of alkyl halides is 3. The largest absolute Gasteiger partial charge is 0.477 e. The summed E-state index contributed by atoms with van der Waals surface area (Å²) < 4.78 is 40.9. The van der Waals surface area contributed by atoms with Gasteiger partial charge < -0.3 is 9.67 Å². The lowest BCUT2D eigenvalue weighted by Gasteiger charge is -2.15. The van der Waals surface area contributed by atoms with Crippen LogP contribution in [-0.4, -0.2) is 15.6 Å². The molecule has 0 amide bonds. The third-order valence-electron chi connectivity index (χ3n) is 3.56. The maximum atomic E-state index is 13.1. The Morgan fingerprint density at radius 3 is 2.38 bits per heavy atom. The first kappa shape index (κ1) is 13.7. The molecule has 2 aromatic rings. The number of benzene rings is 1. The van der Waals surface area contributed by atoms with Gasteiger partial charge in [0, 0.05) is 17.3 Å². The third-order valence-corrected chi connectivity index (χ3v) is 3.56. The molecule has 0 radical (unpaired) electrons. The van der Waals surface area contributed by atoms with Crippen LogP contribution in [0.3, 0.4) is 0 Å². The van der Waals surface area contributed by atoms with Gasteiger partial charge in [0.2, 0.25) is 0 Å². The summed E-state index contributed by atoms with van der Waals surface area (Å²) in [5.41, 5.74) is -0.390. The van der Waals surface area contributed by atoms with E-state index in [2.05, 4.69) is 0 Å². The van der Waals surface area contributed by atoms with Gasteiger partial charge in [-0.1, -0.05) is 18.2 Å². The number of nitrogens with zero attached hydrogens (tertiary/aromatic N) is 1. The Morgan fingerprint density at radius 1 is 1.14 bits per heavy atom. The highest BCUT2D eigenvalue weighted by Crippen LogP contribution is 2.43. The molecule has 0 spiro atoms. The van der Waals surface area contributed by atoms with Crippen LogP contribution in [0.15, 0.2) is 36.4 Å². The van der Waals surface area contributed by atoms with Crippen molar-refractivity contribution >= 4 is 5.97 Å². The van der Waals surface area contributed by atoms with Crippen molar-refractivity contribution in [1.82, 2.24) is 4.57 Å². The summed E-state index contributed by atoms with van der Waals surface area (Å²) >= 11 is 0. The van der Waals surface area contributed by atoms with Gasteiger partial charge in [-0.2, -0.15) is 13.2 Å². The zero-order chi connectivity index (χ0) is 15.2. The summed E-state index contributed by atoms with van der Waals surface area (Å²) in [5.74, 6) is -1.13. The van der Waals surface area contributed by atoms with E-state index in [9.17, 15) is 23.1 Å². The SMILES string of the molecule is O=C(O)c1ccc(-c2ccccc2C(F)(F)F)n1C1CC1. The van der Waals surface area contributed by atoms with Gasteiger partial charge in [-0.3, -0.25) is 0 Å². The number of carbonyl (C=O) groups is 1. The van der Waals surface area contributed by atoms with Crippen molar-refractivity contribution in [3.63, 3.8) is 0 Å². The smallest absolute Gasteiger partial charge is 0.417 e. The second-order valence-electron chi connectivity index (χ2n) is 5.05. The predicted molar refractivity (Wildman–Crippen MR) is 70.1 cm³/mol. The van der Waals surface area contributed by atoms with E-state index in [4.69, 9.17) is 0 Å². The molecule has 6 heteroatoms. The molecular formula is C15H12F3NO2. The molecule has 1 heterocycles. The molecule has 0 saturated heterocycles. The van der Waals surface area contributed by atoms with Gasteiger partial charge in [0.05, 0.1) is 5.56 Å². The highest BCUT2D eigenvalue weighted by Gasteiger charge is 2.36. The van der Waals surface area contributed by atoms with E-state index >= 15 is 0 Å². The Morgan fingerprint density at radius 2 is 1.81 bits per heavy atom. The lowest BCUT2D eigenvalue weighted by molar-refractivity contribution is -0.137. The first-order valence-corrected chi connectivity index (χ1v) is 6.50. The molecule has 1 N–H and O–H groups in total. The number of aromatic nitrogens is 1. The number of hydrogen-bond donors (Lipinski definition) is 1. The van der Waals surface area contributed by atoms with Crippen molar-refractivity contribution in [2.24, 2.45) is 0 Å². The van der Waals surface area contributed by atoms with Gasteiger partial charge >= 0.3 is 12.1 Å². The maximum absolute atomic E-state index is 13.1. The highest BCUT2D eigenvalue weighted by molar-refractivity contribution is 5.88. The number of halogens is 3. The van der Waals surface area contributed by atoms with Gasteiger partial charge in [-0.25, -0.2) is 4.79 Å². The molecule has 3 nitrogen and oxygen atoms in total. The van der Waals surface area contributed by atoms with Crippen molar-refractivity contribution < 1.29 is 23.1 Å². The van der Waals surface area contributed by atoms with Crippen LogP contribution in [0.5, 0.6) is 0 Å². The summed E-state index contributed by atoms with van der Waals surface area (Å²) in [7, 11) is 0. The molecule has 1 aromatic carbocycles. The summed E-state index contributed by atoms with van der Waals surface area (Å²) in [5, 5.41) is 9.19. The second-order valence-corrected chi connectivity index (χ2v) is 5.05. The van der Waals surface area contributed by atoms with E-state index in [0.29, 0.717) is 5.69 Å². The highest BCUT2D eigenvalue weighted by atomic mass is 19.4. The monoisotopic (exact) mass is 295 g/mol. The average molecular weight is 295 g/mol. The first-order chi connectivity index (χ1) is 9.89. The van der Waals surface area contributed by atoms with E-state index in [1.165, 1.54) is 34.9 Å². The van der Waals surface area contributed by atoms with Gasteiger partial charge in [-0.15, -0.1) is 0 Å². The summed E-state index contributed by atoms with van der Waals surface area (Å²) in [6, 6.07) is 8.03. The quantitative estimate of drug-likeness (QED) is 0.921. The number of hydrogen-bond acceptors (Lipinski definition) is 1. The van der Waals surface area contributed by atoms with Gasteiger partial charge in [0.15, 0.2) is 0 Å². The Labute approximate surface area is 118 Å². The van der Waals surface area contributed by atoms with Gasteiger partial charge in [0.25, 0.3) is 0 Å². The molecule has 0 aliphatic heterocycles. The number of carboxylic acid groups (broad SMARTS) is 1. The van der Waals surface area contributed by atoms with Crippen molar-refractivity contribution in [3.05, 3.63) is 47.7 Å². The Hall–Kier alpha value is -2.24. The van der Waals surface area contributed by atoms with Crippen molar-refractivity contribution in [3.8, 4) is 11.3 Å². The molecule has 1 fully saturated rings. The third kappa shape index (κ3) is 2.41. The van der Waals surface area contributed by atoms with E-state index in [-0.39, 0.29) is 17.3 Å². The summed E-state index contributed by atoms with van der Waals surface area (Å²) in [6.07, 6.45) is -2.90. The van der Waals surface area contributed by atoms with E-state index in [0.717, 1.165) is 18.9 Å². The first-order valence-electron chi connectivity index (χ1n) is 6.50. The molecule has 21 heavy (non-hydrogen) atoms. The van der Waals surface area contributed by atoms with Gasteiger partial charge in [-0.05, 0) is 31.0 Å². The minimum absolute atomic E-state index is 0.0180. The molecule has 0 bridgehead atoms. The fraction of sp³-hybridized carbons (Fsp3) is 0.267. The van der Waals surface area contributed by atoms with Gasteiger partial charge in [0.1, 0.15) is 5.69 Å². The fourth-order valence-electron chi connectivity index (χ4n) is 2.52. The van der Waals surface area contributed by atoms with Crippen LogP contribution in [-0.2, 0) is 6.18 Å². The minimum Gasteiger partial charge on any atom is -0.477 e. The van der Waals surface area contributed by atoms with E-state index < -0.39 is 17.7 Å². The van der Waals surface area contributed by atoms with Crippen LogP contribution in [0.25, 0.3) is 11.3 Å². The molecular weight excluding hydrogens is 283 g/mol. The molecule has 0 atom stereocenters. The van der Waals surface area contributed by atoms with Crippen LogP contribution in [0.2, 0.25) is 0 Å². The molecule has 1 aliphatic rings. The zero-order valence-corrected chi connectivity index (χ0v) is 10.9. The molecule has 1 aromatic heterocycles. The average Bonchev–Trinajstić information content (AvgIpc) is 3.16. The summed E-state index contributed by atoms with van der Waals surface area (Å²) in [4.78, 5) is 11.2. The number of rotatable bonds is 3. The predicted octanol–water partition coefficient (Wildman–Crippen LogP) is 4.21. The Balaban J connectivity index is 2.20. The number of aromatic carboxylic acids is 1. The van der Waals surface area contributed by atoms with Crippen LogP contribution in [0.4, 0.5) is 13.2 Å². The van der Waals surface area contributed by atoms with Crippen LogP contribution in [0.1, 0.15) is 34.9 Å². The minimum atomic E-state index is -4.47. The Bertz CT molecular complexity index is 699. The van der Waals surface area contributed by atoms with Crippen LogP contribution in [0, 0.1) is 0 Å². The molecule has 1 aliphatic carbocycles. The number of carboxylic acids is 1. The van der Waals surface area contributed by atoms with E-state index in [1.807, 2.05) is 0 Å². The molecule has 0 unspecified atom stereocenters. The Kier molecular flexibility index (Phi) is 3.04. The second kappa shape index (κ2) is 4.65. The lowest BCUT2D eigenvalue weighted by atomic mass is 10.0. The summed E-state index contributed by atoms with van der Waals surface area (Å²) in [6.45, 7) is 0. The van der Waals surface area contributed by atoms with Crippen molar-refractivity contribution in [2.45, 2.75) is 25.1 Å².